The molecular weight excluding hydrogens is 142 g/mol. The maximum absolute atomic E-state index is 10.4. The van der Waals surface area contributed by atoms with Crippen molar-refractivity contribution in [1.82, 2.24) is 10.2 Å². The molecule has 1 aromatic rings. The van der Waals surface area contributed by atoms with Gasteiger partial charge in [0, 0.05) is 12.1 Å². The minimum atomic E-state index is -0.273. The molecule has 0 saturated heterocycles. The lowest BCUT2D eigenvalue weighted by Gasteiger charge is -1.94. The number of nitrogens with two attached hydrogens (primary N) is 1. The number of primary amides is 1. The van der Waals surface area contributed by atoms with Crippen LogP contribution in [0.25, 0.3) is 0 Å². The Kier molecular flexibility index (Phi) is 2.25. The Balaban J connectivity index is 2.51. The lowest BCUT2D eigenvalue weighted by atomic mass is 10.1. The average molecular weight is 153 g/mol. The number of hydrogen-bond donors (Lipinski definition) is 2. The van der Waals surface area contributed by atoms with Crippen molar-refractivity contribution in [3.8, 4) is 0 Å². The second-order valence-electron chi connectivity index (χ2n) is 2.49. The first-order valence-electron chi connectivity index (χ1n) is 3.47. The number of hydrogen-bond acceptors (Lipinski definition) is 2. The molecule has 1 rings (SSSR count). The van der Waals surface area contributed by atoms with E-state index in [0.29, 0.717) is 12.8 Å². The van der Waals surface area contributed by atoms with Crippen LogP contribution in [-0.2, 0) is 11.2 Å². The first-order chi connectivity index (χ1) is 5.20. The highest BCUT2D eigenvalue weighted by molar-refractivity contribution is 5.74. The first kappa shape index (κ1) is 7.78. The molecule has 0 unspecified atom stereocenters. The van der Waals surface area contributed by atoms with Crippen LogP contribution in [0.4, 0.5) is 0 Å². The SMILES string of the molecule is Cc1[nH]ncc1CCC(N)=O. The molecule has 0 aliphatic carbocycles. The molecule has 0 saturated carbocycles. The summed E-state index contributed by atoms with van der Waals surface area (Å²) in [7, 11) is 0. The fraction of sp³-hybridized carbons (Fsp3) is 0.429. The minimum Gasteiger partial charge on any atom is -0.370 e. The van der Waals surface area contributed by atoms with Crippen LogP contribution >= 0.6 is 0 Å². The maximum atomic E-state index is 10.4. The third kappa shape index (κ3) is 2.07. The van der Waals surface area contributed by atoms with Gasteiger partial charge >= 0.3 is 0 Å². The summed E-state index contributed by atoms with van der Waals surface area (Å²) in [6.07, 6.45) is 2.79. The van der Waals surface area contributed by atoms with E-state index in [1.807, 2.05) is 6.92 Å². The molecule has 0 atom stereocenters. The van der Waals surface area contributed by atoms with Gasteiger partial charge < -0.3 is 5.73 Å². The first-order valence-corrected chi connectivity index (χ1v) is 3.47. The number of aromatic nitrogens is 2. The highest BCUT2D eigenvalue weighted by atomic mass is 16.1. The number of H-pyrrole nitrogens is 1. The predicted octanol–water partition coefficient (Wildman–Crippen LogP) is 0.136. The van der Waals surface area contributed by atoms with E-state index in [4.69, 9.17) is 5.73 Å². The van der Waals surface area contributed by atoms with E-state index in [2.05, 4.69) is 10.2 Å². The van der Waals surface area contributed by atoms with Crippen LogP contribution in [0.3, 0.4) is 0 Å². The highest BCUT2D eigenvalue weighted by Gasteiger charge is 2.01. The van der Waals surface area contributed by atoms with Gasteiger partial charge in [-0.15, -0.1) is 0 Å². The van der Waals surface area contributed by atoms with Crippen molar-refractivity contribution in [2.24, 2.45) is 5.73 Å². The molecule has 0 aliphatic heterocycles. The summed E-state index contributed by atoms with van der Waals surface area (Å²) in [5.74, 6) is -0.273. The number of amides is 1. The van der Waals surface area contributed by atoms with Crippen LogP contribution in [0.5, 0.6) is 0 Å². The molecule has 1 amide bonds. The van der Waals surface area contributed by atoms with E-state index >= 15 is 0 Å². The van der Waals surface area contributed by atoms with Gasteiger partial charge in [0.15, 0.2) is 0 Å². The summed E-state index contributed by atoms with van der Waals surface area (Å²) in [5, 5.41) is 6.61. The third-order valence-electron chi connectivity index (χ3n) is 1.58. The Labute approximate surface area is 64.8 Å². The quantitative estimate of drug-likeness (QED) is 0.648. The molecule has 60 valence electrons. The van der Waals surface area contributed by atoms with Gasteiger partial charge in [0.1, 0.15) is 0 Å². The minimum absolute atomic E-state index is 0.273. The third-order valence-corrected chi connectivity index (χ3v) is 1.58. The Bertz CT molecular complexity index is 254. The molecule has 4 heteroatoms. The molecule has 0 radical (unpaired) electrons. The zero-order valence-electron chi connectivity index (χ0n) is 6.42. The number of aromatic amines is 1. The van der Waals surface area contributed by atoms with E-state index in [0.717, 1.165) is 11.3 Å². The molecule has 11 heavy (non-hydrogen) atoms. The summed E-state index contributed by atoms with van der Waals surface area (Å²) in [6, 6.07) is 0. The molecule has 0 fully saturated rings. The molecule has 1 aromatic heterocycles. The summed E-state index contributed by atoms with van der Waals surface area (Å²) >= 11 is 0. The van der Waals surface area contributed by atoms with Crippen molar-refractivity contribution < 1.29 is 4.79 Å². The molecule has 0 bridgehead atoms. The molecular formula is C7H11N3O. The summed E-state index contributed by atoms with van der Waals surface area (Å²) in [4.78, 5) is 10.4. The smallest absolute Gasteiger partial charge is 0.217 e. The van der Waals surface area contributed by atoms with Crippen LogP contribution in [0.1, 0.15) is 17.7 Å². The van der Waals surface area contributed by atoms with Crippen LogP contribution in [0.2, 0.25) is 0 Å². The van der Waals surface area contributed by atoms with Gasteiger partial charge in [-0.3, -0.25) is 9.89 Å². The molecule has 4 nitrogen and oxygen atoms in total. The van der Waals surface area contributed by atoms with Gasteiger partial charge in [0.05, 0.1) is 6.20 Å². The highest BCUT2D eigenvalue weighted by Crippen LogP contribution is 2.04. The van der Waals surface area contributed by atoms with E-state index in [1.54, 1.807) is 6.20 Å². The van der Waals surface area contributed by atoms with E-state index < -0.39 is 0 Å². The Morgan fingerprint density at radius 3 is 3.00 bits per heavy atom. The zero-order valence-corrected chi connectivity index (χ0v) is 6.42. The van der Waals surface area contributed by atoms with Crippen LogP contribution in [0.15, 0.2) is 6.20 Å². The molecule has 0 aromatic carbocycles. The molecule has 3 N–H and O–H groups in total. The van der Waals surface area contributed by atoms with Gasteiger partial charge in [-0.25, -0.2) is 0 Å². The van der Waals surface area contributed by atoms with Crippen LogP contribution in [0, 0.1) is 6.92 Å². The zero-order chi connectivity index (χ0) is 8.27. The van der Waals surface area contributed by atoms with Gasteiger partial charge in [0.2, 0.25) is 5.91 Å². The van der Waals surface area contributed by atoms with E-state index in [1.165, 1.54) is 0 Å². The van der Waals surface area contributed by atoms with E-state index in [-0.39, 0.29) is 5.91 Å². The van der Waals surface area contributed by atoms with Crippen LogP contribution in [-0.4, -0.2) is 16.1 Å². The number of nitrogens with zero attached hydrogens (tertiary/aromatic N) is 1. The molecule has 1 heterocycles. The predicted molar refractivity (Wildman–Crippen MR) is 40.8 cm³/mol. The second kappa shape index (κ2) is 3.18. The number of rotatable bonds is 3. The standard InChI is InChI=1S/C7H11N3O/c1-5-6(4-9-10-5)2-3-7(8)11/h4H,2-3H2,1H3,(H2,8,11)(H,9,10). The number of aryl methyl sites for hydroxylation is 2. The maximum Gasteiger partial charge on any atom is 0.217 e. The summed E-state index contributed by atoms with van der Waals surface area (Å²) in [5.41, 5.74) is 7.05. The largest absolute Gasteiger partial charge is 0.370 e. The number of carbonyl (C=O) groups is 1. The Hall–Kier alpha value is -1.32. The fourth-order valence-corrected chi connectivity index (χ4v) is 0.886. The second-order valence-corrected chi connectivity index (χ2v) is 2.49. The lowest BCUT2D eigenvalue weighted by Crippen LogP contribution is -2.11. The lowest BCUT2D eigenvalue weighted by molar-refractivity contribution is -0.117. The topological polar surface area (TPSA) is 71.8 Å². The van der Waals surface area contributed by atoms with Gasteiger partial charge in [0.25, 0.3) is 0 Å². The molecule has 0 spiro atoms. The molecule has 0 aliphatic rings. The van der Waals surface area contributed by atoms with Crippen molar-refractivity contribution in [2.45, 2.75) is 19.8 Å². The van der Waals surface area contributed by atoms with Gasteiger partial charge in [-0.1, -0.05) is 0 Å². The fourth-order valence-electron chi connectivity index (χ4n) is 0.886. The van der Waals surface area contributed by atoms with Crippen molar-refractivity contribution in [3.63, 3.8) is 0 Å². The van der Waals surface area contributed by atoms with Crippen molar-refractivity contribution >= 4 is 5.91 Å². The monoisotopic (exact) mass is 153 g/mol. The summed E-state index contributed by atoms with van der Waals surface area (Å²) < 4.78 is 0. The Morgan fingerprint density at radius 2 is 2.55 bits per heavy atom. The van der Waals surface area contributed by atoms with Gasteiger partial charge in [-0.2, -0.15) is 5.10 Å². The van der Waals surface area contributed by atoms with Crippen LogP contribution < -0.4 is 5.73 Å². The number of nitrogens with one attached hydrogen (secondary N) is 1. The van der Waals surface area contributed by atoms with Crippen molar-refractivity contribution in [1.29, 1.82) is 0 Å². The Morgan fingerprint density at radius 1 is 1.82 bits per heavy atom. The van der Waals surface area contributed by atoms with Gasteiger partial charge in [-0.05, 0) is 18.9 Å². The number of carbonyl (C=O) groups excluding carboxylic acids is 1. The normalized spacial score (nSPS) is 9.91. The summed E-state index contributed by atoms with van der Waals surface area (Å²) in [6.45, 7) is 1.92. The average Bonchev–Trinajstić information content (AvgIpc) is 2.31. The van der Waals surface area contributed by atoms with Crippen molar-refractivity contribution in [3.05, 3.63) is 17.5 Å². The van der Waals surface area contributed by atoms with E-state index in [9.17, 15) is 4.79 Å². The van der Waals surface area contributed by atoms with Crippen molar-refractivity contribution in [2.75, 3.05) is 0 Å².